The Morgan fingerprint density at radius 1 is 1.14 bits per heavy atom. The molecule has 3 saturated carbocycles. The minimum atomic E-state index is -4.72. The molecule has 3 rings (SSSR count). The summed E-state index contributed by atoms with van der Waals surface area (Å²) in [6.45, 7) is 7.94. The predicted octanol–water partition coefficient (Wildman–Crippen LogP) is 3.78. The SMILES string of the molecule is CCOC(C)OC(=O)COC(C)(C1CC2C3CC(C(C)C3C)C2C1O)C(F)(F)F. The van der Waals surface area contributed by atoms with E-state index in [1.165, 1.54) is 6.92 Å². The number of esters is 1. The topological polar surface area (TPSA) is 65.0 Å². The van der Waals surface area contributed by atoms with Gasteiger partial charge in [-0.25, -0.2) is 4.79 Å². The van der Waals surface area contributed by atoms with Crippen LogP contribution in [0.15, 0.2) is 0 Å². The molecule has 1 N–H and O–H groups in total. The van der Waals surface area contributed by atoms with Crippen LogP contribution in [0.5, 0.6) is 0 Å². The lowest BCUT2D eigenvalue weighted by molar-refractivity contribution is -0.298. The zero-order chi connectivity index (χ0) is 21.7. The van der Waals surface area contributed by atoms with E-state index in [-0.39, 0.29) is 24.2 Å². The van der Waals surface area contributed by atoms with Crippen molar-refractivity contribution in [2.24, 2.45) is 41.4 Å². The molecule has 0 aromatic heterocycles. The van der Waals surface area contributed by atoms with Gasteiger partial charge >= 0.3 is 12.1 Å². The van der Waals surface area contributed by atoms with Crippen LogP contribution in [-0.2, 0) is 19.0 Å². The minimum absolute atomic E-state index is 0.0846. The molecule has 0 amide bonds. The molecule has 0 spiro atoms. The van der Waals surface area contributed by atoms with E-state index in [1.54, 1.807) is 6.92 Å². The summed E-state index contributed by atoms with van der Waals surface area (Å²) in [7, 11) is 0. The Labute approximate surface area is 170 Å². The van der Waals surface area contributed by atoms with Gasteiger partial charge in [-0.15, -0.1) is 0 Å². The van der Waals surface area contributed by atoms with Crippen LogP contribution in [0.1, 0.15) is 47.5 Å². The third-order valence-electron chi connectivity index (χ3n) is 8.05. The van der Waals surface area contributed by atoms with E-state index in [2.05, 4.69) is 13.8 Å². The molecule has 10 unspecified atom stereocenters. The van der Waals surface area contributed by atoms with Gasteiger partial charge in [-0.05, 0) is 69.1 Å². The van der Waals surface area contributed by atoms with Gasteiger partial charge in [0.05, 0.1) is 6.10 Å². The number of hydrogen-bond acceptors (Lipinski definition) is 5. The normalized spacial score (nSPS) is 41.8. The van der Waals surface area contributed by atoms with E-state index in [0.29, 0.717) is 24.4 Å². The Morgan fingerprint density at radius 3 is 2.34 bits per heavy atom. The lowest BCUT2D eigenvalue weighted by atomic mass is 9.70. The molecule has 29 heavy (non-hydrogen) atoms. The third kappa shape index (κ3) is 3.81. The van der Waals surface area contributed by atoms with Gasteiger partial charge in [0.1, 0.15) is 6.61 Å². The Hall–Kier alpha value is -0.860. The number of carbonyl (C=O) groups excluding carboxylic acids is 1. The van der Waals surface area contributed by atoms with E-state index < -0.39 is 42.7 Å². The number of halogens is 3. The first-order chi connectivity index (χ1) is 13.4. The summed E-state index contributed by atoms with van der Waals surface area (Å²) in [5, 5.41) is 10.9. The van der Waals surface area contributed by atoms with Crippen LogP contribution in [0.3, 0.4) is 0 Å². The van der Waals surface area contributed by atoms with Gasteiger partial charge in [-0.3, -0.25) is 0 Å². The average Bonchev–Trinajstić information content (AvgIpc) is 3.24. The first kappa shape index (κ1) is 22.8. The predicted molar refractivity (Wildman–Crippen MR) is 98.6 cm³/mol. The molecule has 0 aliphatic heterocycles. The second-order valence-electron chi connectivity index (χ2n) is 9.26. The molecular weight excluding hydrogens is 389 g/mol. The van der Waals surface area contributed by atoms with Crippen molar-refractivity contribution >= 4 is 5.97 Å². The van der Waals surface area contributed by atoms with Crippen molar-refractivity contribution in [1.82, 2.24) is 0 Å². The van der Waals surface area contributed by atoms with E-state index in [1.807, 2.05) is 0 Å². The Kier molecular flexibility index (Phi) is 6.30. The number of alkyl halides is 3. The summed E-state index contributed by atoms with van der Waals surface area (Å²) in [6.07, 6.45) is -5.41. The van der Waals surface area contributed by atoms with Crippen molar-refractivity contribution in [3.05, 3.63) is 0 Å². The maximum Gasteiger partial charge on any atom is 0.417 e. The second kappa shape index (κ2) is 8.00. The van der Waals surface area contributed by atoms with E-state index in [4.69, 9.17) is 14.2 Å². The summed E-state index contributed by atoms with van der Waals surface area (Å²) in [6, 6.07) is 0. The fourth-order valence-corrected chi connectivity index (χ4v) is 6.38. The molecule has 0 aromatic carbocycles. The minimum Gasteiger partial charge on any atom is -0.434 e. The van der Waals surface area contributed by atoms with Crippen molar-refractivity contribution in [1.29, 1.82) is 0 Å². The molecule has 10 atom stereocenters. The molecule has 168 valence electrons. The maximum atomic E-state index is 14.1. The standard InChI is InChI=1S/C21H33F3O5/c1-6-27-12(4)29-17(25)9-28-20(5,21(22,23)24)16-8-15-13-7-14(11(3)10(13)2)18(15)19(16)26/h10-16,18-19,26H,6-9H2,1-5H3. The molecule has 8 heteroatoms. The van der Waals surface area contributed by atoms with Crippen LogP contribution in [0.25, 0.3) is 0 Å². The molecule has 3 aliphatic carbocycles. The van der Waals surface area contributed by atoms with E-state index in [9.17, 15) is 23.1 Å². The van der Waals surface area contributed by atoms with Crippen molar-refractivity contribution < 1.29 is 37.3 Å². The number of hydrogen-bond donors (Lipinski definition) is 1. The van der Waals surface area contributed by atoms with Crippen molar-refractivity contribution in [2.45, 2.75) is 71.6 Å². The first-order valence-electron chi connectivity index (χ1n) is 10.6. The van der Waals surface area contributed by atoms with E-state index in [0.717, 1.165) is 13.3 Å². The fraction of sp³-hybridized carbons (Fsp3) is 0.952. The quantitative estimate of drug-likeness (QED) is 0.500. The number of aliphatic hydroxyl groups is 1. The maximum absolute atomic E-state index is 14.1. The van der Waals surface area contributed by atoms with Gasteiger partial charge in [-0.2, -0.15) is 13.2 Å². The van der Waals surface area contributed by atoms with Crippen molar-refractivity contribution in [3.8, 4) is 0 Å². The third-order valence-corrected chi connectivity index (χ3v) is 8.05. The lowest BCUT2D eigenvalue weighted by Crippen LogP contribution is -2.55. The number of aliphatic hydroxyl groups excluding tert-OH is 1. The van der Waals surface area contributed by atoms with Gasteiger partial charge in [0, 0.05) is 12.5 Å². The van der Waals surface area contributed by atoms with Gasteiger partial charge < -0.3 is 19.3 Å². The lowest BCUT2D eigenvalue weighted by Gasteiger charge is -2.40. The zero-order valence-electron chi connectivity index (χ0n) is 17.7. The highest BCUT2D eigenvalue weighted by Crippen LogP contribution is 2.66. The van der Waals surface area contributed by atoms with Crippen LogP contribution in [-0.4, -0.2) is 48.5 Å². The Morgan fingerprint density at radius 2 is 1.76 bits per heavy atom. The highest BCUT2D eigenvalue weighted by atomic mass is 19.4. The Bertz CT molecular complexity index is 612. The highest BCUT2D eigenvalue weighted by molar-refractivity contribution is 5.70. The van der Waals surface area contributed by atoms with Gasteiger partial charge in [0.2, 0.25) is 0 Å². The smallest absolute Gasteiger partial charge is 0.417 e. The molecule has 2 bridgehead atoms. The van der Waals surface area contributed by atoms with Crippen LogP contribution in [0.4, 0.5) is 13.2 Å². The molecular formula is C21H33F3O5. The van der Waals surface area contributed by atoms with Gasteiger partial charge in [0.15, 0.2) is 11.9 Å². The van der Waals surface area contributed by atoms with Crippen LogP contribution >= 0.6 is 0 Å². The largest absolute Gasteiger partial charge is 0.434 e. The second-order valence-corrected chi connectivity index (χ2v) is 9.26. The van der Waals surface area contributed by atoms with Crippen LogP contribution in [0.2, 0.25) is 0 Å². The number of rotatable bonds is 7. The monoisotopic (exact) mass is 422 g/mol. The van der Waals surface area contributed by atoms with E-state index >= 15 is 0 Å². The first-order valence-corrected chi connectivity index (χ1v) is 10.6. The summed E-state index contributed by atoms with van der Waals surface area (Å²) in [5.41, 5.74) is -2.61. The van der Waals surface area contributed by atoms with Gasteiger partial charge in [0.25, 0.3) is 0 Å². The molecule has 5 nitrogen and oxygen atoms in total. The molecule has 0 aromatic rings. The average molecular weight is 422 g/mol. The summed E-state index contributed by atoms with van der Waals surface area (Å²) in [5.74, 6) is -0.576. The molecule has 3 fully saturated rings. The summed E-state index contributed by atoms with van der Waals surface area (Å²) in [4.78, 5) is 11.9. The molecule has 3 aliphatic rings. The highest BCUT2D eigenvalue weighted by Gasteiger charge is 2.68. The summed E-state index contributed by atoms with van der Waals surface area (Å²) >= 11 is 0. The van der Waals surface area contributed by atoms with Gasteiger partial charge in [-0.1, -0.05) is 13.8 Å². The zero-order valence-corrected chi connectivity index (χ0v) is 17.7. The number of carbonyl (C=O) groups is 1. The molecule has 0 heterocycles. The van der Waals surface area contributed by atoms with Crippen LogP contribution < -0.4 is 0 Å². The van der Waals surface area contributed by atoms with Crippen LogP contribution in [0, 0.1) is 41.4 Å². The fourth-order valence-electron chi connectivity index (χ4n) is 6.38. The number of ether oxygens (including phenoxy) is 3. The van der Waals surface area contributed by atoms with Crippen molar-refractivity contribution in [2.75, 3.05) is 13.2 Å². The number of fused-ring (bicyclic) bond motifs is 5. The van der Waals surface area contributed by atoms with Crippen molar-refractivity contribution in [3.63, 3.8) is 0 Å². The molecule has 0 radical (unpaired) electrons. The Balaban J connectivity index is 1.73. The summed E-state index contributed by atoms with van der Waals surface area (Å²) < 4.78 is 57.4. The molecule has 0 saturated heterocycles.